The highest BCUT2D eigenvalue weighted by molar-refractivity contribution is 6.30. The van der Waals surface area contributed by atoms with Crippen LogP contribution >= 0.6 is 11.6 Å². The van der Waals surface area contributed by atoms with Crippen molar-refractivity contribution in [1.29, 1.82) is 0 Å². The van der Waals surface area contributed by atoms with Crippen LogP contribution in [0, 0.1) is 11.6 Å². The van der Waals surface area contributed by atoms with Gasteiger partial charge in [-0.1, -0.05) is 11.6 Å². The van der Waals surface area contributed by atoms with Crippen molar-refractivity contribution in [1.82, 2.24) is 14.9 Å². The molecule has 2 aliphatic rings. The molecule has 1 aromatic heterocycles. The summed E-state index contributed by atoms with van der Waals surface area (Å²) in [4.78, 5) is 39.9. The number of nitrogens with one attached hydrogen (secondary N) is 1. The monoisotopic (exact) mass is 484 g/mol. The molecule has 3 N–H and O–H groups in total. The molecule has 1 atom stereocenters. The maximum absolute atomic E-state index is 14.1. The molecule has 176 valence electrons. The lowest BCUT2D eigenvalue weighted by molar-refractivity contribution is 0.0626. The minimum atomic E-state index is -1.34. The summed E-state index contributed by atoms with van der Waals surface area (Å²) >= 11 is 5.65. The number of nitrogens with zero attached hydrogens (tertiary/aromatic N) is 3. The number of aromatic hydroxyl groups is 1. The van der Waals surface area contributed by atoms with E-state index >= 15 is 0 Å². The number of aliphatic hydroxyl groups is 1. The number of aliphatic hydroxyl groups excluding tert-OH is 1. The number of rotatable bonds is 6. The van der Waals surface area contributed by atoms with Gasteiger partial charge in [-0.2, -0.15) is 0 Å². The summed E-state index contributed by atoms with van der Waals surface area (Å²) in [6, 6.07) is 1.94. The second kappa shape index (κ2) is 8.61. The summed E-state index contributed by atoms with van der Waals surface area (Å²) in [5, 5.41) is 24.4. The highest BCUT2D eigenvalue weighted by atomic mass is 35.5. The van der Waals surface area contributed by atoms with E-state index < -0.39 is 64.1 Å². The van der Waals surface area contributed by atoms with Crippen molar-refractivity contribution in [2.24, 2.45) is 0 Å². The molecule has 2 amide bonds. The summed E-state index contributed by atoms with van der Waals surface area (Å²) in [5.41, 5.74) is -2.94. The molecule has 0 bridgehead atoms. The number of hydrogen-bond acceptors (Lipinski definition) is 7. The predicted molar refractivity (Wildman–Crippen MR) is 111 cm³/mol. The number of halogens is 3. The Morgan fingerprint density at radius 3 is 2.76 bits per heavy atom. The first-order chi connectivity index (χ1) is 15.7. The van der Waals surface area contributed by atoms with E-state index in [1.807, 2.05) is 0 Å². The Morgan fingerprint density at radius 2 is 2.06 bits per heavy atom. The molecule has 0 spiro atoms. The number of amides is 2. The number of ether oxygens (including phenoxy) is 1. The van der Waals surface area contributed by atoms with Crippen molar-refractivity contribution in [3.8, 4) is 5.75 Å². The quantitative estimate of drug-likeness (QED) is 0.509. The van der Waals surface area contributed by atoms with Gasteiger partial charge >= 0.3 is 0 Å². The molecule has 0 radical (unpaired) electrons. The number of hydrogen-bond donors (Lipinski definition) is 3. The van der Waals surface area contributed by atoms with Gasteiger partial charge in [0.2, 0.25) is 5.43 Å². The second-order valence-corrected chi connectivity index (χ2v) is 7.92. The fraction of sp³-hybridized carbons (Fsp3) is 0.350. The standard InChI is InChI=1S/C20H19ClF2N4O6/c1-33-5-4-25-8-26-7-12(28)15-13(17(29)18(30)16(20(25)32)27(15)26)19(31)24-6-9-11(22)3-2-10(21)14(9)23/h2-3,12,28,30H,4-8H2,1H3,(H,24,31). The van der Waals surface area contributed by atoms with Gasteiger partial charge in [-0.3, -0.25) is 19.4 Å². The molecule has 0 saturated carbocycles. The van der Waals surface area contributed by atoms with Gasteiger partial charge in [0.15, 0.2) is 11.4 Å². The van der Waals surface area contributed by atoms with Gasteiger partial charge in [0.1, 0.15) is 30.0 Å². The molecule has 1 unspecified atom stereocenters. The van der Waals surface area contributed by atoms with E-state index in [0.29, 0.717) is 0 Å². The summed E-state index contributed by atoms with van der Waals surface area (Å²) in [7, 11) is 1.45. The van der Waals surface area contributed by atoms with Crippen molar-refractivity contribution >= 4 is 23.4 Å². The number of benzene rings is 1. The molecule has 0 fully saturated rings. The molecule has 33 heavy (non-hydrogen) atoms. The van der Waals surface area contributed by atoms with Gasteiger partial charge < -0.3 is 25.2 Å². The molecule has 13 heteroatoms. The van der Waals surface area contributed by atoms with E-state index in [2.05, 4.69) is 5.32 Å². The Hall–Kier alpha value is -3.22. The van der Waals surface area contributed by atoms with Gasteiger partial charge in [-0.15, -0.1) is 0 Å². The van der Waals surface area contributed by atoms with Crippen LogP contribution in [0.15, 0.2) is 16.9 Å². The zero-order valence-electron chi connectivity index (χ0n) is 17.3. The maximum Gasteiger partial charge on any atom is 0.277 e. The van der Waals surface area contributed by atoms with E-state index in [-0.39, 0.29) is 37.1 Å². The molecule has 10 nitrogen and oxygen atoms in total. The zero-order chi connectivity index (χ0) is 24.0. The third kappa shape index (κ3) is 3.69. The van der Waals surface area contributed by atoms with Crippen molar-refractivity contribution < 1.29 is 33.3 Å². The van der Waals surface area contributed by atoms with Gasteiger partial charge in [0.25, 0.3) is 11.8 Å². The Labute approximate surface area is 190 Å². The lowest BCUT2D eigenvalue weighted by Gasteiger charge is -2.37. The van der Waals surface area contributed by atoms with Crippen LogP contribution in [0.1, 0.15) is 38.2 Å². The smallest absolute Gasteiger partial charge is 0.277 e. The van der Waals surface area contributed by atoms with Crippen molar-refractivity contribution in [3.63, 3.8) is 0 Å². The fourth-order valence-electron chi connectivity index (χ4n) is 3.94. The second-order valence-electron chi connectivity index (χ2n) is 7.51. The van der Waals surface area contributed by atoms with E-state index in [1.54, 1.807) is 0 Å². The Morgan fingerprint density at radius 1 is 1.33 bits per heavy atom. The van der Waals surface area contributed by atoms with E-state index in [9.17, 15) is 33.4 Å². The van der Waals surface area contributed by atoms with Crippen LogP contribution in [0.2, 0.25) is 5.02 Å². The Kier molecular flexibility index (Phi) is 5.99. The first-order valence-corrected chi connectivity index (χ1v) is 10.2. The number of carbonyl (C=O) groups excluding carboxylic acids is 2. The normalized spacial score (nSPS) is 16.9. The summed E-state index contributed by atoms with van der Waals surface area (Å²) < 4.78 is 34.2. The predicted octanol–water partition coefficient (Wildman–Crippen LogP) is 0.460. The Bertz CT molecular complexity index is 1220. The third-order valence-corrected chi connectivity index (χ3v) is 5.82. The lowest BCUT2D eigenvalue weighted by Crippen LogP contribution is -2.53. The average Bonchev–Trinajstić information content (AvgIpc) is 3.09. The minimum Gasteiger partial charge on any atom is -0.502 e. The van der Waals surface area contributed by atoms with Crippen LogP contribution in [-0.4, -0.2) is 65.1 Å². The number of pyridine rings is 1. The first-order valence-electron chi connectivity index (χ1n) is 9.81. The first kappa shape index (κ1) is 23.0. The fourth-order valence-corrected chi connectivity index (χ4v) is 4.12. The van der Waals surface area contributed by atoms with Crippen LogP contribution in [-0.2, 0) is 11.3 Å². The summed E-state index contributed by atoms with van der Waals surface area (Å²) in [5.74, 6) is -4.77. The molecule has 2 aromatic rings. The van der Waals surface area contributed by atoms with Gasteiger partial charge in [-0.05, 0) is 12.1 Å². The maximum atomic E-state index is 14.1. The third-order valence-electron chi connectivity index (χ3n) is 5.53. The molecule has 1 aromatic carbocycles. The minimum absolute atomic E-state index is 0.0154. The largest absolute Gasteiger partial charge is 0.502 e. The summed E-state index contributed by atoms with van der Waals surface area (Å²) in [6.45, 7) is -0.324. The van der Waals surface area contributed by atoms with E-state index in [0.717, 1.165) is 16.8 Å². The Balaban J connectivity index is 1.73. The van der Waals surface area contributed by atoms with Gasteiger partial charge in [0, 0.05) is 25.8 Å². The van der Waals surface area contributed by atoms with Crippen molar-refractivity contribution in [2.75, 3.05) is 38.5 Å². The van der Waals surface area contributed by atoms with Gasteiger partial charge in [-0.25, -0.2) is 13.5 Å². The highest BCUT2D eigenvalue weighted by Gasteiger charge is 2.43. The van der Waals surface area contributed by atoms with Crippen LogP contribution < -0.4 is 15.8 Å². The van der Waals surface area contributed by atoms with Gasteiger partial charge in [0.05, 0.1) is 23.9 Å². The molecule has 3 heterocycles. The van der Waals surface area contributed by atoms with Crippen LogP contribution in [0.3, 0.4) is 0 Å². The average molecular weight is 485 g/mol. The summed E-state index contributed by atoms with van der Waals surface area (Å²) in [6.07, 6.45) is -1.34. The number of aromatic nitrogens is 1. The SMILES string of the molecule is COCCN1CN2CC(O)c3c(C(=O)NCc4c(F)ccc(Cl)c4F)c(=O)c(O)c(n32)C1=O. The van der Waals surface area contributed by atoms with Crippen LogP contribution in [0.5, 0.6) is 5.75 Å². The van der Waals surface area contributed by atoms with Crippen LogP contribution in [0.4, 0.5) is 8.78 Å². The van der Waals surface area contributed by atoms with E-state index in [1.165, 1.54) is 17.0 Å². The highest BCUT2D eigenvalue weighted by Crippen LogP contribution is 2.33. The molecule has 2 aliphatic heterocycles. The van der Waals surface area contributed by atoms with Crippen molar-refractivity contribution in [2.45, 2.75) is 12.6 Å². The van der Waals surface area contributed by atoms with E-state index in [4.69, 9.17) is 16.3 Å². The number of methoxy groups -OCH3 is 1. The molecule has 0 aliphatic carbocycles. The lowest BCUT2D eigenvalue weighted by atomic mass is 10.1. The molecule has 4 rings (SSSR count). The van der Waals surface area contributed by atoms with Crippen LogP contribution in [0.25, 0.3) is 0 Å². The van der Waals surface area contributed by atoms with Crippen molar-refractivity contribution in [3.05, 3.63) is 61.5 Å². The zero-order valence-corrected chi connectivity index (χ0v) is 18.0. The number of carbonyl (C=O) groups is 2. The molecule has 0 saturated heterocycles. The molecular weight excluding hydrogens is 466 g/mol. The topological polar surface area (TPSA) is 124 Å². The molecular formula is C20H19ClF2N4O6.